The van der Waals surface area contributed by atoms with Crippen molar-refractivity contribution < 1.29 is 4.74 Å². The molecule has 0 aliphatic heterocycles. The van der Waals surface area contributed by atoms with Crippen LogP contribution in [0.25, 0.3) is 0 Å². The Morgan fingerprint density at radius 3 is 2.58 bits per heavy atom. The van der Waals surface area contributed by atoms with Crippen molar-refractivity contribution in [3.63, 3.8) is 0 Å². The lowest BCUT2D eigenvalue weighted by molar-refractivity contribution is 0.342. The quantitative estimate of drug-likeness (QED) is 0.688. The minimum atomic E-state index is 0.469. The fourth-order valence-electron chi connectivity index (χ4n) is 2.09. The first-order chi connectivity index (χ1) is 9.02. The zero-order chi connectivity index (χ0) is 14.3. The number of nitrogen functional groups attached to an aromatic ring is 1. The smallest absolute Gasteiger partial charge is 0.144 e. The maximum atomic E-state index is 5.87. The highest BCUT2D eigenvalue weighted by Gasteiger charge is 2.06. The molecule has 1 aromatic carbocycles. The average Bonchev–Trinajstić information content (AvgIpc) is 2.33. The van der Waals surface area contributed by atoms with E-state index in [0.717, 1.165) is 17.4 Å². The first kappa shape index (κ1) is 15.7. The first-order valence-corrected chi connectivity index (χ1v) is 7.31. The Balaban J connectivity index is 2.49. The second kappa shape index (κ2) is 7.93. The normalized spacial score (nSPS) is 12.5. The summed E-state index contributed by atoms with van der Waals surface area (Å²) in [4.78, 5) is 0. The standard InChI is InChI=1S/C16H28N2O/c1-5-19-16-11-14(9-10-15(16)17)18-13(4)8-6-7-12(2)3/h9-13,18H,5-8,17H2,1-4H3. The van der Waals surface area contributed by atoms with Gasteiger partial charge in [-0.05, 0) is 38.3 Å². The molecule has 0 spiro atoms. The molecule has 1 aromatic rings. The van der Waals surface area contributed by atoms with Gasteiger partial charge in [0.1, 0.15) is 5.75 Å². The summed E-state index contributed by atoms with van der Waals surface area (Å²) >= 11 is 0. The highest BCUT2D eigenvalue weighted by molar-refractivity contribution is 5.61. The summed E-state index contributed by atoms with van der Waals surface area (Å²) in [6, 6.07) is 6.36. The van der Waals surface area contributed by atoms with Crippen LogP contribution in [-0.4, -0.2) is 12.6 Å². The molecule has 3 heteroatoms. The number of nitrogens with two attached hydrogens (primary N) is 1. The number of hydrogen-bond donors (Lipinski definition) is 2. The summed E-state index contributed by atoms with van der Waals surface area (Å²) in [5.41, 5.74) is 7.64. The summed E-state index contributed by atoms with van der Waals surface area (Å²) in [6.45, 7) is 9.36. The third-order valence-electron chi connectivity index (χ3n) is 3.15. The Morgan fingerprint density at radius 2 is 1.95 bits per heavy atom. The second-order valence-electron chi connectivity index (χ2n) is 5.56. The largest absolute Gasteiger partial charge is 0.492 e. The van der Waals surface area contributed by atoms with Gasteiger partial charge in [0, 0.05) is 17.8 Å². The van der Waals surface area contributed by atoms with Crippen LogP contribution < -0.4 is 15.8 Å². The summed E-state index contributed by atoms with van der Waals surface area (Å²) in [5.74, 6) is 1.55. The molecule has 0 bridgehead atoms. The van der Waals surface area contributed by atoms with Crippen molar-refractivity contribution in [3.05, 3.63) is 18.2 Å². The molecule has 3 nitrogen and oxygen atoms in total. The molecule has 0 aliphatic carbocycles. The SMILES string of the molecule is CCOc1cc(NC(C)CCCC(C)C)ccc1N. The molecule has 0 saturated heterocycles. The van der Waals surface area contributed by atoms with E-state index >= 15 is 0 Å². The lowest BCUT2D eigenvalue weighted by Gasteiger charge is -2.17. The van der Waals surface area contributed by atoms with Gasteiger partial charge in [-0.3, -0.25) is 0 Å². The minimum Gasteiger partial charge on any atom is -0.492 e. The predicted octanol–water partition coefficient (Wildman–Crippen LogP) is 4.29. The van der Waals surface area contributed by atoms with E-state index in [4.69, 9.17) is 10.5 Å². The van der Waals surface area contributed by atoms with E-state index in [0.29, 0.717) is 18.3 Å². The van der Waals surface area contributed by atoms with Crippen LogP contribution in [0, 0.1) is 5.92 Å². The maximum absolute atomic E-state index is 5.87. The summed E-state index contributed by atoms with van der Waals surface area (Å²) < 4.78 is 5.51. The molecule has 0 aliphatic rings. The molecule has 1 atom stereocenters. The van der Waals surface area contributed by atoms with Crippen LogP contribution in [0.2, 0.25) is 0 Å². The van der Waals surface area contributed by atoms with Crippen LogP contribution >= 0.6 is 0 Å². The fraction of sp³-hybridized carbons (Fsp3) is 0.625. The Hall–Kier alpha value is -1.38. The van der Waals surface area contributed by atoms with Gasteiger partial charge < -0.3 is 15.8 Å². The Bertz CT molecular complexity index is 377. The van der Waals surface area contributed by atoms with E-state index in [2.05, 4.69) is 26.1 Å². The van der Waals surface area contributed by atoms with Crippen LogP contribution in [0.15, 0.2) is 18.2 Å². The van der Waals surface area contributed by atoms with E-state index in [1.54, 1.807) is 0 Å². The van der Waals surface area contributed by atoms with E-state index < -0.39 is 0 Å². The third-order valence-corrected chi connectivity index (χ3v) is 3.15. The Morgan fingerprint density at radius 1 is 1.21 bits per heavy atom. The fourth-order valence-corrected chi connectivity index (χ4v) is 2.09. The van der Waals surface area contributed by atoms with Crippen molar-refractivity contribution in [1.82, 2.24) is 0 Å². The summed E-state index contributed by atoms with van der Waals surface area (Å²) in [6.07, 6.45) is 3.74. The number of hydrogen-bond acceptors (Lipinski definition) is 3. The van der Waals surface area contributed by atoms with Crippen molar-refractivity contribution in [2.75, 3.05) is 17.7 Å². The van der Waals surface area contributed by atoms with Crippen molar-refractivity contribution >= 4 is 11.4 Å². The van der Waals surface area contributed by atoms with Gasteiger partial charge in [0.2, 0.25) is 0 Å². The molecule has 19 heavy (non-hydrogen) atoms. The molecule has 3 N–H and O–H groups in total. The van der Waals surface area contributed by atoms with E-state index in [9.17, 15) is 0 Å². The molecule has 0 heterocycles. The third kappa shape index (κ3) is 5.86. The molecule has 0 amide bonds. The maximum Gasteiger partial charge on any atom is 0.144 e. The predicted molar refractivity (Wildman–Crippen MR) is 83.8 cm³/mol. The van der Waals surface area contributed by atoms with Crippen LogP contribution in [0.5, 0.6) is 5.75 Å². The van der Waals surface area contributed by atoms with Crippen LogP contribution in [0.4, 0.5) is 11.4 Å². The Labute approximate surface area is 117 Å². The highest BCUT2D eigenvalue weighted by atomic mass is 16.5. The minimum absolute atomic E-state index is 0.469. The molecular weight excluding hydrogens is 236 g/mol. The molecule has 0 radical (unpaired) electrons. The van der Waals surface area contributed by atoms with Crippen molar-refractivity contribution in [2.24, 2.45) is 5.92 Å². The summed E-state index contributed by atoms with van der Waals surface area (Å²) in [5, 5.41) is 3.51. The summed E-state index contributed by atoms with van der Waals surface area (Å²) in [7, 11) is 0. The average molecular weight is 264 g/mol. The van der Waals surface area contributed by atoms with Crippen molar-refractivity contribution in [3.8, 4) is 5.75 Å². The zero-order valence-corrected chi connectivity index (χ0v) is 12.7. The molecule has 1 unspecified atom stereocenters. The van der Waals surface area contributed by atoms with Gasteiger partial charge in [0.25, 0.3) is 0 Å². The molecule has 0 aromatic heterocycles. The van der Waals surface area contributed by atoms with Gasteiger partial charge in [-0.2, -0.15) is 0 Å². The number of ether oxygens (including phenoxy) is 1. The van der Waals surface area contributed by atoms with E-state index in [1.807, 2.05) is 25.1 Å². The van der Waals surface area contributed by atoms with E-state index in [-0.39, 0.29) is 0 Å². The number of nitrogens with one attached hydrogen (secondary N) is 1. The lowest BCUT2D eigenvalue weighted by atomic mass is 10.0. The second-order valence-corrected chi connectivity index (χ2v) is 5.56. The molecule has 0 fully saturated rings. The number of benzene rings is 1. The van der Waals surface area contributed by atoms with Gasteiger partial charge in [-0.25, -0.2) is 0 Å². The molecule has 0 saturated carbocycles. The van der Waals surface area contributed by atoms with Gasteiger partial charge >= 0.3 is 0 Å². The van der Waals surface area contributed by atoms with Crippen molar-refractivity contribution in [1.29, 1.82) is 0 Å². The Kier molecular flexibility index (Phi) is 6.54. The van der Waals surface area contributed by atoms with Gasteiger partial charge in [0.05, 0.1) is 12.3 Å². The topological polar surface area (TPSA) is 47.3 Å². The lowest BCUT2D eigenvalue weighted by Crippen LogP contribution is -2.15. The van der Waals surface area contributed by atoms with Crippen LogP contribution in [0.1, 0.15) is 47.0 Å². The number of anilines is 2. The molecular formula is C16H28N2O. The molecule has 108 valence electrons. The van der Waals surface area contributed by atoms with Gasteiger partial charge in [0.15, 0.2) is 0 Å². The van der Waals surface area contributed by atoms with E-state index in [1.165, 1.54) is 19.3 Å². The van der Waals surface area contributed by atoms with Gasteiger partial charge in [-0.1, -0.05) is 26.7 Å². The van der Waals surface area contributed by atoms with Crippen LogP contribution in [0.3, 0.4) is 0 Å². The molecule has 1 rings (SSSR count). The first-order valence-electron chi connectivity index (χ1n) is 7.31. The van der Waals surface area contributed by atoms with Crippen molar-refractivity contribution in [2.45, 2.75) is 53.0 Å². The monoisotopic (exact) mass is 264 g/mol. The van der Waals surface area contributed by atoms with Gasteiger partial charge in [-0.15, -0.1) is 0 Å². The highest BCUT2D eigenvalue weighted by Crippen LogP contribution is 2.26. The number of rotatable bonds is 8. The zero-order valence-electron chi connectivity index (χ0n) is 12.7. The van der Waals surface area contributed by atoms with Crippen LogP contribution in [-0.2, 0) is 0 Å².